The highest BCUT2D eigenvalue weighted by Crippen LogP contribution is 2.36. The molecule has 1 saturated heterocycles. The fourth-order valence-corrected chi connectivity index (χ4v) is 5.16. The summed E-state index contributed by atoms with van der Waals surface area (Å²) in [5.41, 5.74) is 0. The first kappa shape index (κ1) is 15.2. The molecular weight excluding hydrogens is 264 g/mol. The number of piperidine rings is 1. The van der Waals surface area contributed by atoms with Gasteiger partial charge in [-0.1, -0.05) is 12.8 Å². The van der Waals surface area contributed by atoms with E-state index in [1.54, 1.807) is 4.31 Å². The highest BCUT2D eigenvalue weighted by atomic mass is 32.2. The van der Waals surface area contributed by atoms with Crippen LogP contribution in [-0.2, 0) is 10.2 Å². The van der Waals surface area contributed by atoms with Gasteiger partial charge in [-0.05, 0) is 39.5 Å². The molecule has 6 heteroatoms. The third-order valence-electron chi connectivity index (χ3n) is 4.22. The van der Waals surface area contributed by atoms with Crippen LogP contribution in [0.15, 0.2) is 0 Å². The lowest BCUT2D eigenvalue weighted by Gasteiger charge is -2.39. The van der Waals surface area contributed by atoms with Gasteiger partial charge in [-0.25, -0.2) is 0 Å². The van der Waals surface area contributed by atoms with Gasteiger partial charge in [0.25, 0.3) is 10.2 Å². The van der Waals surface area contributed by atoms with E-state index in [0.29, 0.717) is 6.54 Å². The molecule has 2 N–H and O–H groups in total. The average Bonchev–Trinajstić information content (AvgIpc) is 2.74. The number of nitrogens with one attached hydrogen (secondary N) is 1. The van der Waals surface area contributed by atoms with E-state index in [0.717, 1.165) is 38.5 Å². The standard InChI is InChI=1S/C13H26N2O3S/c1-10(2)14-19(17,18)15-9-4-3-7-12(15)11-6-5-8-13(11)16/h10-14,16H,3-9H2,1-2H3. The van der Waals surface area contributed by atoms with Crippen molar-refractivity contribution in [3.63, 3.8) is 0 Å². The van der Waals surface area contributed by atoms with Crippen molar-refractivity contribution in [2.24, 2.45) is 5.92 Å². The zero-order chi connectivity index (χ0) is 14.0. The van der Waals surface area contributed by atoms with Crippen LogP contribution >= 0.6 is 0 Å². The average molecular weight is 290 g/mol. The van der Waals surface area contributed by atoms with Gasteiger partial charge in [0.05, 0.1) is 6.10 Å². The topological polar surface area (TPSA) is 69.6 Å². The Morgan fingerprint density at radius 2 is 1.89 bits per heavy atom. The van der Waals surface area contributed by atoms with Crippen LogP contribution in [0.2, 0.25) is 0 Å². The molecule has 5 nitrogen and oxygen atoms in total. The van der Waals surface area contributed by atoms with Gasteiger partial charge in [-0.3, -0.25) is 0 Å². The Labute approximate surface area is 116 Å². The first-order valence-electron chi connectivity index (χ1n) is 7.39. The zero-order valence-corrected chi connectivity index (χ0v) is 12.7. The molecular formula is C13H26N2O3S. The second-order valence-corrected chi connectivity index (χ2v) is 7.77. The summed E-state index contributed by atoms with van der Waals surface area (Å²) in [5, 5.41) is 10.1. The van der Waals surface area contributed by atoms with E-state index in [9.17, 15) is 13.5 Å². The van der Waals surface area contributed by atoms with Gasteiger partial charge in [0.2, 0.25) is 0 Å². The highest BCUT2D eigenvalue weighted by molar-refractivity contribution is 7.87. The number of hydrogen-bond donors (Lipinski definition) is 2. The lowest BCUT2D eigenvalue weighted by atomic mass is 9.89. The minimum Gasteiger partial charge on any atom is -0.393 e. The summed E-state index contributed by atoms with van der Waals surface area (Å²) in [5.74, 6) is 0.115. The quantitative estimate of drug-likeness (QED) is 0.818. The van der Waals surface area contributed by atoms with Crippen molar-refractivity contribution in [1.29, 1.82) is 0 Å². The van der Waals surface area contributed by atoms with Crippen molar-refractivity contribution in [3.05, 3.63) is 0 Å². The van der Waals surface area contributed by atoms with Crippen LogP contribution in [0.3, 0.4) is 0 Å². The Morgan fingerprint density at radius 1 is 1.16 bits per heavy atom. The van der Waals surface area contributed by atoms with E-state index in [1.165, 1.54) is 0 Å². The molecule has 0 bridgehead atoms. The molecule has 0 radical (unpaired) electrons. The van der Waals surface area contributed by atoms with Crippen LogP contribution in [0.5, 0.6) is 0 Å². The molecule has 0 amide bonds. The first-order chi connectivity index (χ1) is 8.92. The fraction of sp³-hybridized carbons (Fsp3) is 1.00. The van der Waals surface area contributed by atoms with Gasteiger partial charge in [0.15, 0.2) is 0 Å². The minimum atomic E-state index is -3.42. The van der Waals surface area contributed by atoms with Gasteiger partial charge in [0.1, 0.15) is 0 Å². The van der Waals surface area contributed by atoms with E-state index in [2.05, 4.69) is 4.72 Å². The Hall–Kier alpha value is -0.170. The van der Waals surface area contributed by atoms with Crippen molar-refractivity contribution >= 4 is 10.2 Å². The lowest BCUT2D eigenvalue weighted by Crippen LogP contribution is -2.54. The third kappa shape index (κ3) is 3.48. The molecule has 0 aromatic carbocycles. The normalized spacial score (nSPS) is 34.0. The largest absolute Gasteiger partial charge is 0.393 e. The van der Waals surface area contributed by atoms with Crippen LogP contribution in [0, 0.1) is 5.92 Å². The van der Waals surface area contributed by atoms with Crippen LogP contribution in [0.4, 0.5) is 0 Å². The van der Waals surface area contributed by atoms with Gasteiger partial charge in [-0.2, -0.15) is 17.4 Å². The number of nitrogens with zero attached hydrogens (tertiary/aromatic N) is 1. The molecule has 1 heterocycles. The summed E-state index contributed by atoms with van der Waals surface area (Å²) in [4.78, 5) is 0. The molecule has 3 atom stereocenters. The van der Waals surface area contributed by atoms with Crippen molar-refractivity contribution < 1.29 is 13.5 Å². The number of hydrogen-bond acceptors (Lipinski definition) is 3. The molecule has 1 saturated carbocycles. The Kier molecular flexibility index (Phi) is 4.87. The Bertz CT molecular complexity index is 397. The molecule has 1 aliphatic carbocycles. The monoisotopic (exact) mass is 290 g/mol. The maximum atomic E-state index is 12.4. The number of rotatable bonds is 4. The molecule has 0 aromatic heterocycles. The van der Waals surface area contributed by atoms with E-state index in [4.69, 9.17) is 0 Å². The third-order valence-corrected chi connectivity index (χ3v) is 6.06. The summed E-state index contributed by atoms with van der Waals surface area (Å²) >= 11 is 0. The van der Waals surface area contributed by atoms with Crippen molar-refractivity contribution in [2.45, 2.75) is 70.6 Å². The highest BCUT2D eigenvalue weighted by Gasteiger charge is 2.41. The first-order valence-corrected chi connectivity index (χ1v) is 8.83. The predicted octanol–water partition coefficient (Wildman–Crippen LogP) is 1.24. The van der Waals surface area contributed by atoms with Gasteiger partial charge >= 0.3 is 0 Å². The molecule has 2 aliphatic rings. The molecule has 19 heavy (non-hydrogen) atoms. The van der Waals surface area contributed by atoms with E-state index < -0.39 is 10.2 Å². The van der Waals surface area contributed by atoms with Crippen molar-refractivity contribution in [2.75, 3.05) is 6.54 Å². The van der Waals surface area contributed by atoms with Gasteiger partial charge in [-0.15, -0.1) is 0 Å². The Balaban J connectivity index is 2.16. The molecule has 3 unspecified atom stereocenters. The minimum absolute atomic E-state index is 0.0255. The lowest BCUT2D eigenvalue weighted by molar-refractivity contribution is 0.0717. The maximum absolute atomic E-state index is 12.4. The van der Waals surface area contributed by atoms with Crippen LogP contribution in [-0.4, -0.2) is 42.6 Å². The number of aliphatic hydroxyl groups excluding tert-OH is 1. The molecule has 112 valence electrons. The fourth-order valence-electron chi connectivity index (χ4n) is 3.44. The van der Waals surface area contributed by atoms with Crippen LogP contribution in [0.25, 0.3) is 0 Å². The molecule has 0 aromatic rings. The smallest absolute Gasteiger partial charge is 0.279 e. The van der Waals surface area contributed by atoms with E-state index in [1.807, 2.05) is 13.8 Å². The second-order valence-electron chi connectivity index (χ2n) is 6.11. The summed E-state index contributed by atoms with van der Waals surface area (Å²) in [7, 11) is -3.42. The van der Waals surface area contributed by atoms with Crippen LogP contribution in [0.1, 0.15) is 52.4 Å². The summed E-state index contributed by atoms with van der Waals surface area (Å²) in [6.07, 6.45) is 5.28. The van der Waals surface area contributed by atoms with E-state index >= 15 is 0 Å². The maximum Gasteiger partial charge on any atom is 0.279 e. The van der Waals surface area contributed by atoms with Crippen molar-refractivity contribution in [1.82, 2.24) is 9.03 Å². The molecule has 2 rings (SSSR count). The Morgan fingerprint density at radius 3 is 2.47 bits per heavy atom. The molecule has 2 fully saturated rings. The predicted molar refractivity (Wildman–Crippen MR) is 74.9 cm³/mol. The van der Waals surface area contributed by atoms with Gasteiger partial charge in [0, 0.05) is 24.5 Å². The van der Waals surface area contributed by atoms with Crippen molar-refractivity contribution in [3.8, 4) is 0 Å². The summed E-state index contributed by atoms with van der Waals surface area (Å²) in [6, 6.07) is -0.122. The SMILES string of the molecule is CC(C)NS(=O)(=O)N1CCCCC1C1CCCC1O. The molecule has 0 spiro atoms. The van der Waals surface area contributed by atoms with Crippen LogP contribution < -0.4 is 4.72 Å². The zero-order valence-electron chi connectivity index (χ0n) is 11.9. The number of aliphatic hydroxyl groups is 1. The summed E-state index contributed by atoms with van der Waals surface area (Å²) < 4.78 is 29.1. The van der Waals surface area contributed by atoms with E-state index in [-0.39, 0.29) is 24.1 Å². The molecule has 1 aliphatic heterocycles. The van der Waals surface area contributed by atoms with Gasteiger partial charge < -0.3 is 5.11 Å². The summed E-state index contributed by atoms with van der Waals surface area (Å²) in [6.45, 7) is 4.25. The second kappa shape index (κ2) is 6.08.